The molecule has 5 heteroatoms. The molecule has 0 N–H and O–H groups in total. The zero-order chi connectivity index (χ0) is 30.5. The topological polar surface area (TPSA) is 64.5 Å². The van der Waals surface area contributed by atoms with Crippen LogP contribution in [-0.2, 0) is 0 Å². The summed E-state index contributed by atoms with van der Waals surface area (Å²) in [6, 6.07) is 49.8. The fourth-order valence-electron chi connectivity index (χ4n) is 6.23. The molecule has 0 aliphatic rings. The second kappa shape index (κ2) is 10.7. The van der Waals surface area contributed by atoms with Gasteiger partial charge in [0.2, 0.25) is 0 Å². The van der Waals surface area contributed by atoms with E-state index >= 15 is 0 Å². The van der Waals surface area contributed by atoms with Gasteiger partial charge in [-0.2, -0.15) is 0 Å². The van der Waals surface area contributed by atoms with Crippen LogP contribution < -0.4 is 0 Å². The minimum absolute atomic E-state index is 0.676. The summed E-state index contributed by atoms with van der Waals surface area (Å²) >= 11 is 0. The molecule has 0 amide bonds. The molecular weight excluding hydrogens is 562 g/mol. The summed E-state index contributed by atoms with van der Waals surface area (Å²) in [6.45, 7) is 0. The van der Waals surface area contributed by atoms with Crippen LogP contribution in [0.3, 0.4) is 0 Å². The lowest BCUT2D eigenvalue weighted by atomic mass is 9.99. The van der Waals surface area contributed by atoms with E-state index in [2.05, 4.69) is 108 Å². The van der Waals surface area contributed by atoms with E-state index in [9.17, 15) is 0 Å². The third kappa shape index (κ3) is 4.45. The van der Waals surface area contributed by atoms with Crippen LogP contribution >= 0.6 is 0 Å². The Kier molecular flexibility index (Phi) is 6.06. The Morgan fingerprint density at radius 2 is 1.00 bits per heavy atom. The van der Waals surface area contributed by atoms with E-state index < -0.39 is 0 Å². The maximum Gasteiger partial charge on any atom is 0.161 e. The maximum absolute atomic E-state index is 5.17. The van der Waals surface area contributed by atoms with Crippen molar-refractivity contribution in [1.29, 1.82) is 0 Å². The summed E-state index contributed by atoms with van der Waals surface area (Å²) in [4.78, 5) is 24.9. The van der Waals surface area contributed by atoms with E-state index in [1.54, 1.807) is 0 Å². The normalized spacial score (nSPS) is 11.5. The molecule has 0 saturated carbocycles. The molecule has 9 aromatic rings. The minimum Gasteiger partial charge on any atom is -0.254 e. The quantitative estimate of drug-likeness (QED) is 0.151. The molecule has 4 aromatic heterocycles. The molecule has 9 rings (SSSR count). The van der Waals surface area contributed by atoms with Gasteiger partial charge in [0.15, 0.2) is 11.5 Å². The van der Waals surface area contributed by atoms with Crippen LogP contribution in [0.25, 0.3) is 88.8 Å². The number of hydrogen-bond donors (Lipinski definition) is 0. The molecule has 214 valence electrons. The standard InChI is InChI=1S/C41H25N5/c1-3-10-26(11-4-1)35-25-36(27-12-5-2-6-13-27)44-40(43-35)30-20-17-29(18-21-30)37-33-16-8-7-15-32(33)34-24-31-22-19-28-14-9-23-42-38(28)39(31)46-41(34)45-37/h1-25H. The number of nitrogens with zero attached hydrogens (tertiary/aromatic N) is 5. The molecule has 5 aromatic carbocycles. The largest absolute Gasteiger partial charge is 0.254 e. The second-order valence-electron chi connectivity index (χ2n) is 11.3. The Morgan fingerprint density at radius 3 is 1.72 bits per heavy atom. The summed E-state index contributed by atoms with van der Waals surface area (Å²) in [5.41, 5.74) is 9.15. The van der Waals surface area contributed by atoms with Gasteiger partial charge >= 0.3 is 0 Å². The zero-order valence-corrected chi connectivity index (χ0v) is 24.7. The molecule has 0 saturated heterocycles. The Hall–Kier alpha value is -6.33. The van der Waals surface area contributed by atoms with Crippen LogP contribution in [0.1, 0.15) is 0 Å². The highest BCUT2D eigenvalue weighted by atomic mass is 14.9. The molecule has 0 unspecified atom stereocenters. The lowest BCUT2D eigenvalue weighted by molar-refractivity contribution is 1.18. The van der Waals surface area contributed by atoms with Gasteiger partial charge < -0.3 is 0 Å². The van der Waals surface area contributed by atoms with Crippen molar-refractivity contribution in [3.05, 3.63) is 152 Å². The van der Waals surface area contributed by atoms with Crippen molar-refractivity contribution in [1.82, 2.24) is 24.9 Å². The lowest BCUT2D eigenvalue weighted by Crippen LogP contribution is -1.96. The lowest BCUT2D eigenvalue weighted by Gasteiger charge is -2.12. The molecule has 0 aliphatic carbocycles. The van der Waals surface area contributed by atoms with Crippen LogP contribution in [0.4, 0.5) is 0 Å². The first-order valence-electron chi connectivity index (χ1n) is 15.3. The van der Waals surface area contributed by atoms with E-state index in [4.69, 9.17) is 19.9 Å². The SMILES string of the molecule is c1ccc(-c2cc(-c3ccccc3)nc(-c3ccc(-c4nc5nc6c(ccc7cccnc76)cc5c5ccccc45)cc3)n2)cc1. The maximum atomic E-state index is 5.17. The van der Waals surface area contributed by atoms with Crippen molar-refractivity contribution in [2.24, 2.45) is 0 Å². The number of fused-ring (bicyclic) bond motifs is 6. The number of benzene rings is 5. The molecule has 0 spiro atoms. The highest BCUT2D eigenvalue weighted by Crippen LogP contribution is 2.35. The van der Waals surface area contributed by atoms with Gasteiger partial charge in [0, 0.05) is 50.0 Å². The summed E-state index contributed by atoms with van der Waals surface area (Å²) in [7, 11) is 0. The Morgan fingerprint density at radius 1 is 0.370 bits per heavy atom. The molecule has 0 atom stereocenters. The van der Waals surface area contributed by atoms with Crippen molar-refractivity contribution in [2.75, 3.05) is 0 Å². The van der Waals surface area contributed by atoms with Gasteiger partial charge in [-0.1, -0.05) is 127 Å². The molecule has 0 bridgehead atoms. The van der Waals surface area contributed by atoms with Crippen molar-refractivity contribution in [2.45, 2.75) is 0 Å². The van der Waals surface area contributed by atoms with Gasteiger partial charge in [0.1, 0.15) is 0 Å². The predicted molar refractivity (Wildman–Crippen MR) is 187 cm³/mol. The summed E-state index contributed by atoms with van der Waals surface area (Å²) in [6.07, 6.45) is 1.82. The van der Waals surface area contributed by atoms with Crippen molar-refractivity contribution in [3.63, 3.8) is 0 Å². The van der Waals surface area contributed by atoms with E-state index in [-0.39, 0.29) is 0 Å². The molecule has 0 radical (unpaired) electrons. The fourth-order valence-corrected chi connectivity index (χ4v) is 6.23. The van der Waals surface area contributed by atoms with Crippen molar-refractivity contribution >= 4 is 43.6 Å². The summed E-state index contributed by atoms with van der Waals surface area (Å²) in [5.74, 6) is 0.676. The minimum atomic E-state index is 0.676. The molecule has 46 heavy (non-hydrogen) atoms. The first kappa shape index (κ1) is 26.1. The van der Waals surface area contributed by atoms with E-state index in [0.717, 1.165) is 77.3 Å². The molecule has 5 nitrogen and oxygen atoms in total. The zero-order valence-electron chi connectivity index (χ0n) is 24.7. The first-order valence-corrected chi connectivity index (χ1v) is 15.3. The second-order valence-corrected chi connectivity index (χ2v) is 11.3. The average Bonchev–Trinajstić information content (AvgIpc) is 3.14. The van der Waals surface area contributed by atoms with Crippen LogP contribution in [0.2, 0.25) is 0 Å². The van der Waals surface area contributed by atoms with Gasteiger partial charge in [-0.25, -0.2) is 19.9 Å². The smallest absolute Gasteiger partial charge is 0.161 e. The number of aromatic nitrogens is 5. The van der Waals surface area contributed by atoms with Crippen LogP contribution in [0, 0.1) is 0 Å². The van der Waals surface area contributed by atoms with E-state index in [1.165, 1.54) is 0 Å². The van der Waals surface area contributed by atoms with Crippen LogP contribution in [0.15, 0.2) is 152 Å². The first-order chi connectivity index (χ1) is 22.8. The number of pyridine rings is 3. The molecule has 0 aliphatic heterocycles. The fraction of sp³-hybridized carbons (Fsp3) is 0. The van der Waals surface area contributed by atoms with Gasteiger partial charge in [-0.3, -0.25) is 4.98 Å². The van der Waals surface area contributed by atoms with E-state index in [0.29, 0.717) is 11.5 Å². The third-order valence-corrected chi connectivity index (χ3v) is 8.51. The number of rotatable bonds is 4. The monoisotopic (exact) mass is 587 g/mol. The van der Waals surface area contributed by atoms with Gasteiger partial charge in [-0.05, 0) is 23.6 Å². The number of hydrogen-bond acceptors (Lipinski definition) is 5. The summed E-state index contributed by atoms with van der Waals surface area (Å²) in [5, 5.41) is 5.34. The van der Waals surface area contributed by atoms with Crippen molar-refractivity contribution in [3.8, 4) is 45.2 Å². The molecular formula is C41H25N5. The van der Waals surface area contributed by atoms with Crippen LogP contribution in [0.5, 0.6) is 0 Å². The van der Waals surface area contributed by atoms with Gasteiger partial charge in [0.05, 0.1) is 28.1 Å². The summed E-state index contributed by atoms with van der Waals surface area (Å²) < 4.78 is 0. The Balaban J connectivity index is 1.19. The third-order valence-electron chi connectivity index (χ3n) is 8.51. The van der Waals surface area contributed by atoms with Crippen molar-refractivity contribution < 1.29 is 0 Å². The Labute approximate surface area is 264 Å². The highest BCUT2D eigenvalue weighted by molar-refractivity contribution is 6.14. The predicted octanol–water partition coefficient (Wildman–Crippen LogP) is 9.94. The van der Waals surface area contributed by atoms with Gasteiger partial charge in [-0.15, -0.1) is 0 Å². The molecule has 0 fully saturated rings. The van der Waals surface area contributed by atoms with E-state index in [1.807, 2.05) is 48.7 Å². The molecule has 4 heterocycles. The highest BCUT2D eigenvalue weighted by Gasteiger charge is 2.15. The Bertz CT molecular complexity index is 2510. The van der Waals surface area contributed by atoms with Crippen LogP contribution in [-0.4, -0.2) is 24.9 Å². The van der Waals surface area contributed by atoms with Gasteiger partial charge in [0.25, 0.3) is 0 Å². The average molecular weight is 588 g/mol.